The van der Waals surface area contributed by atoms with E-state index >= 15 is 0 Å². The normalized spacial score (nSPS) is 15.2. The van der Waals surface area contributed by atoms with E-state index in [0.29, 0.717) is 51.5 Å². The molecule has 1 fully saturated rings. The highest BCUT2D eigenvalue weighted by molar-refractivity contribution is 5.86. The topological polar surface area (TPSA) is 143 Å². The molecular formula is C39H53N3O7. The Bertz CT molecular complexity index is 1330. The van der Waals surface area contributed by atoms with Crippen molar-refractivity contribution >= 4 is 23.9 Å². The second-order valence-electron chi connectivity index (χ2n) is 12.9. The highest BCUT2D eigenvalue weighted by atomic mass is 16.5. The highest BCUT2D eigenvalue weighted by Crippen LogP contribution is 2.29. The number of unbranched alkanes of at least 4 members (excludes halogenated alkanes) is 1. The Morgan fingerprint density at radius 3 is 2.12 bits per heavy atom. The van der Waals surface area contributed by atoms with Gasteiger partial charge in [-0.1, -0.05) is 85.7 Å². The van der Waals surface area contributed by atoms with Gasteiger partial charge in [-0.25, -0.2) is 4.79 Å². The van der Waals surface area contributed by atoms with Crippen molar-refractivity contribution in [3.63, 3.8) is 0 Å². The number of carbonyl (C=O) groups is 4. The predicted octanol–water partition coefficient (Wildman–Crippen LogP) is 5.55. The summed E-state index contributed by atoms with van der Waals surface area (Å²) in [5, 5.41) is 18.7. The Hall–Kier alpha value is -4.44. The smallest absolute Gasteiger partial charge is 0.407 e. The Morgan fingerprint density at radius 1 is 0.857 bits per heavy atom. The number of aliphatic hydroxyl groups is 1. The van der Waals surface area contributed by atoms with Gasteiger partial charge in [-0.3, -0.25) is 14.4 Å². The van der Waals surface area contributed by atoms with Gasteiger partial charge in [0.15, 0.2) is 0 Å². The second-order valence-corrected chi connectivity index (χ2v) is 12.9. The van der Waals surface area contributed by atoms with Crippen LogP contribution in [0.25, 0.3) is 0 Å². The largest absolute Gasteiger partial charge is 0.463 e. The van der Waals surface area contributed by atoms with Gasteiger partial charge in [0.2, 0.25) is 11.8 Å². The molecule has 0 unspecified atom stereocenters. The third-order valence-electron chi connectivity index (χ3n) is 8.87. The van der Waals surface area contributed by atoms with E-state index < -0.39 is 29.5 Å². The third-order valence-corrected chi connectivity index (χ3v) is 8.87. The van der Waals surface area contributed by atoms with Gasteiger partial charge < -0.3 is 30.5 Å². The van der Waals surface area contributed by atoms with Crippen LogP contribution >= 0.6 is 0 Å². The third kappa shape index (κ3) is 14.3. The van der Waals surface area contributed by atoms with Crippen molar-refractivity contribution in [1.82, 2.24) is 16.0 Å². The maximum Gasteiger partial charge on any atom is 0.407 e. The van der Waals surface area contributed by atoms with Crippen molar-refractivity contribution in [2.75, 3.05) is 19.8 Å². The van der Waals surface area contributed by atoms with E-state index in [0.717, 1.165) is 24.0 Å². The van der Waals surface area contributed by atoms with Crippen LogP contribution in [-0.4, -0.2) is 60.3 Å². The minimum Gasteiger partial charge on any atom is -0.463 e. The lowest BCUT2D eigenvalue weighted by atomic mass is 9.95. The fourth-order valence-electron chi connectivity index (χ4n) is 6.09. The molecule has 1 aliphatic carbocycles. The number of nitrogens with one attached hydrogen (secondary N) is 3. The number of rotatable bonds is 22. The fourth-order valence-corrected chi connectivity index (χ4v) is 6.09. The van der Waals surface area contributed by atoms with Gasteiger partial charge in [-0.2, -0.15) is 0 Å². The Balaban J connectivity index is 1.58. The van der Waals surface area contributed by atoms with Crippen LogP contribution in [0.5, 0.6) is 0 Å². The van der Waals surface area contributed by atoms with Crippen molar-refractivity contribution in [3.05, 3.63) is 97.1 Å². The van der Waals surface area contributed by atoms with Crippen molar-refractivity contribution < 1.29 is 33.8 Å². The van der Waals surface area contributed by atoms with E-state index in [-0.39, 0.29) is 50.4 Å². The number of allylic oxidation sites excluding steroid dienone is 2. The molecule has 3 rings (SSSR count). The van der Waals surface area contributed by atoms with E-state index in [2.05, 4.69) is 29.1 Å². The summed E-state index contributed by atoms with van der Waals surface area (Å²) in [6.45, 7) is 7.94. The van der Waals surface area contributed by atoms with Crippen LogP contribution in [0.1, 0.15) is 75.3 Å². The first-order chi connectivity index (χ1) is 23.8. The van der Waals surface area contributed by atoms with E-state index in [4.69, 9.17) is 9.47 Å². The van der Waals surface area contributed by atoms with Crippen LogP contribution in [-0.2, 0) is 36.9 Å². The molecule has 266 valence electrons. The molecule has 1 saturated carbocycles. The van der Waals surface area contributed by atoms with Gasteiger partial charge in [-0.15, -0.1) is 13.2 Å². The standard InChI is InChI=1S/C39H53N3O7/c1-3-15-32(26-35(44)42-39(29-43)22-12-13-23-39)36(45)41-34(21-11-14-24-40-38(47)49-27-31-19-9-6-10-20-31)28-48-37(46)33(16-4-2)25-30-17-7-5-8-18-30/h3-10,17-20,32-34,43H,1-2,11-16,21-29H2,(H,40,47)(H,41,45)(H,42,44)/t32-,33+,34-/m0/s1. The fraction of sp³-hybridized carbons (Fsp3) is 0.487. The average molecular weight is 676 g/mol. The monoisotopic (exact) mass is 675 g/mol. The number of aliphatic hydroxyl groups excluding tert-OH is 1. The molecule has 0 aliphatic heterocycles. The first-order valence-corrected chi connectivity index (χ1v) is 17.4. The zero-order chi connectivity index (χ0) is 35.3. The lowest BCUT2D eigenvalue weighted by Gasteiger charge is -2.29. The molecule has 0 heterocycles. The quantitative estimate of drug-likeness (QED) is 0.0728. The van der Waals surface area contributed by atoms with Gasteiger partial charge in [0.25, 0.3) is 0 Å². The summed E-state index contributed by atoms with van der Waals surface area (Å²) in [5.41, 5.74) is 1.27. The van der Waals surface area contributed by atoms with Crippen LogP contribution in [0.4, 0.5) is 4.79 Å². The van der Waals surface area contributed by atoms with E-state index in [1.165, 1.54) is 0 Å². The molecule has 10 heteroatoms. The number of carbonyl (C=O) groups excluding carboxylic acids is 4. The number of benzene rings is 2. The van der Waals surface area contributed by atoms with Gasteiger partial charge >= 0.3 is 12.1 Å². The molecule has 0 bridgehead atoms. The van der Waals surface area contributed by atoms with Crippen LogP contribution in [0, 0.1) is 11.8 Å². The predicted molar refractivity (Wildman–Crippen MR) is 189 cm³/mol. The average Bonchev–Trinajstić information content (AvgIpc) is 3.58. The number of hydrogen-bond donors (Lipinski definition) is 4. The molecule has 2 aromatic rings. The number of alkyl carbamates (subject to hydrolysis) is 1. The number of amides is 3. The van der Waals surface area contributed by atoms with Crippen molar-refractivity contribution in [2.24, 2.45) is 11.8 Å². The molecular weight excluding hydrogens is 622 g/mol. The maximum absolute atomic E-state index is 13.5. The summed E-state index contributed by atoms with van der Waals surface area (Å²) in [7, 11) is 0. The molecule has 49 heavy (non-hydrogen) atoms. The second kappa shape index (κ2) is 21.5. The minimum absolute atomic E-state index is 0.0415. The number of esters is 1. The zero-order valence-electron chi connectivity index (χ0n) is 28.6. The van der Waals surface area contributed by atoms with Crippen LogP contribution in [0.3, 0.4) is 0 Å². The van der Waals surface area contributed by atoms with E-state index in [1.54, 1.807) is 12.2 Å². The maximum atomic E-state index is 13.5. The molecule has 3 amide bonds. The molecule has 0 aromatic heterocycles. The van der Waals surface area contributed by atoms with Crippen LogP contribution < -0.4 is 16.0 Å². The molecule has 0 saturated heterocycles. The van der Waals surface area contributed by atoms with Gasteiger partial charge in [0.05, 0.1) is 30.0 Å². The Morgan fingerprint density at radius 2 is 1.49 bits per heavy atom. The molecule has 10 nitrogen and oxygen atoms in total. The molecule has 0 radical (unpaired) electrons. The number of hydrogen-bond acceptors (Lipinski definition) is 7. The van der Waals surface area contributed by atoms with Crippen LogP contribution in [0.15, 0.2) is 86.0 Å². The molecule has 0 spiro atoms. The summed E-state index contributed by atoms with van der Waals surface area (Å²) >= 11 is 0. The SMILES string of the molecule is C=CC[C@@H](CC(=O)NC1(CO)CCCC1)C(=O)N[C@@H](CCCCNC(=O)OCc1ccccc1)COC(=O)[C@H](CC=C)Cc1ccccc1. The highest BCUT2D eigenvalue weighted by Gasteiger charge is 2.35. The first-order valence-electron chi connectivity index (χ1n) is 17.4. The van der Waals surface area contributed by atoms with Gasteiger partial charge in [0, 0.05) is 13.0 Å². The summed E-state index contributed by atoms with van der Waals surface area (Å²) in [5.74, 6) is -2.11. The molecule has 3 atom stereocenters. The van der Waals surface area contributed by atoms with E-state index in [9.17, 15) is 24.3 Å². The molecule has 4 N–H and O–H groups in total. The van der Waals surface area contributed by atoms with Gasteiger partial charge in [0.1, 0.15) is 13.2 Å². The Kier molecular flexibility index (Phi) is 17.1. The summed E-state index contributed by atoms with van der Waals surface area (Å²) in [6.07, 6.45) is 8.94. The summed E-state index contributed by atoms with van der Waals surface area (Å²) in [6, 6.07) is 18.6. The number of ether oxygens (including phenoxy) is 2. The first kappa shape index (κ1) is 39.0. The lowest BCUT2D eigenvalue weighted by molar-refractivity contribution is -0.150. The van der Waals surface area contributed by atoms with Crippen molar-refractivity contribution in [3.8, 4) is 0 Å². The zero-order valence-corrected chi connectivity index (χ0v) is 28.6. The summed E-state index contributed by atoms with van der Waals surface area (Å²) < 4.78 is 11.0. The lowest BCUT2D eigenvalue weighted by Crippen LogP contribution is -2.50. The minimum atomic E-state index is -0.680. The van der Waals surface area contributed by atoms with Crippen molar-refractivity contribution in [2.45, 2.75) is 88.8 Å². The van der Waals surface area contributed by atoms with Gasteiger partial charge in [-0.05, 0) is 62.5 Å². The van der Waals surface area contributed by atoms with Crippen molar-refractivity contribution in [1.29, 1.82) is 0 Å². The molecule has 2 aromatic carbocycles. The van der Waals surface area contributed by atoms with E-state index in [1.807, 2.05) is 60.7 Å². The Labute approximate surface area is 290 Å². The summed E-state index contributed by atoms with van der Waals surface area (Å²) in [4.78, 5) is 51.9. The van der Waals surface area contributed by atoms with Crippen LogP contribution in [0.2, 0.25) is 0 Å². The molecule has 1 aliphatic rings.